The van der Waals surface area contributed by atoms with Crippen molar-refractivity contribution in [2.24, 2.45) is 5.73 Å². The van der Waals surface area contributed by atoms with Crippen LogP contribution >= 0.6 is 12.4 Å². The number of carbonyl (C=O) groups is 2. The van der Waals surface area contributed by atoms with Crippen LogP contribution in [0.3, 0.4) is 0 Å². The lowest BCUT2D eigenvalue weighted by atomic mass is 10.2. The van der Waals surface area contributed by atoms with Crippen molar-refractivity contribution in [2.75, 3.05) is 16.8 Å². The van der Waals surface area contributed by atoms with E-state index in [0.717, 1.165) is 5.69 Å². The summed E-state index contributed by atoms with van der Waals surface area (Å²) in [6.07, 6.45) is 5.04. The fraction of sp³-hybridized carbons (Fsp3) is 0.316. The quantitative estimate of drug-likeness (QED) is 0.557. The highest BCUT2D eigenvalue weighted by atomic mass is 35.5. The first kappa shape index (κ1) is 23.4. The first-order chi connectivity index (χ1) is 14.7. The van der Waals surface area contributed by atoms with Crippen molar-refractivity contribution in [2.45, 2.75) is 25.8 Å². The number of nitrogens with one attached hydrogen (secondary N) is 1. The van der Waals surface area contributed by atoms with Gasteiger partial charge in [0, 0.05) is 23.7 Å². The van der Waals surface area contributed by atoms with Crippen molar-refractivity contribution in [3.63, 3.8) is 0 Å². The lowest BCUT2D eigenvalue weighted by molar-refractivity contribution is 0.0995. The minimum atomic E-state index is -3.05. The molecule has 1 aliphatic heterocycles. The Hall–Kier alpha value is -3.25. The Labute approximate surface area is 189 Å². The first-order valence-electron chi connectivity index (χ1n) is 9.51. The van der Waals surface area contributed by atoms with Crippen molar-refractivity contribution in [3.05, 3.63) is 47.9 Å². The van der Waals surface area contributed by atoms with Crippen LogP contribution in [0, 0.1) is 6.92 Å². The van der Waals surface area contributed by atoms with E-state index >= 15 is 0 Å². The lowest BCUT2D eigenvalue weighted by Crippen LogP contribution is -2.26. The highest BCUT2D eigenvalue weighted by Gasteiger charge is 2.27. The van der Waals surface area contributed by atoms with Crippen LogP contribution in [-0.4, -0.2) is 51.5 Å². The van der Waals surface area contributed by atoms with Crippen LogP contribution in [0.15, 0.2) is 35.2 Å². The van der Waals surface area contributed by atoms with Gasteiger partial charge in [0.1, 0.15) is 16.1 Å². The highest BCUT2D eigenvalue weighted by Crippen LogP contribution is 2.26. The summed E-state index contributed by atoms with van der Waals surface area (Å²) in [5, 5.41) is 6.76. The fourth-order valence-electron chi connectivity index (χ4n) is 3.37. The SMILES string of the molecule is Cc1cc(-c2nc(C(=O)Nc3cn(C4CCS(=O)(=O)CC4)nc3C(N)=O)co2)ccn1.Cl. The summed E-state index contributed by atoms with van der Waals surface area (Å²) in [5.41, 5.74) is 6.87. The van der Waals surface area contributed by atoms with Crippen molar-refractivity contribution in [3.8, 4) is 11.5 Å². The van der Waals surface area contributed by atoms with Crippen LogP contribution < -0.4 is 11.1 Å². The van der Waals surface area contributed by atoms with Gasteiger partial charge in [0.15, 0.2) is 11.4 Å². The molecule has 2 amide bonds. The molecule has 1 aliphatic rings. The van der Waals surface area contributed by atoms with E-state index in [0.29, 0.717) is 18.4 Å². The van der Waals surface area contributed by atoms with Gasteiger partial charge in [-0.1, -0.05) is 0 Å². The molecule has 0 saturated carbocycles. The predicted molar refractivity (Wildman–Crippen MR) is 117 cm³/mol. The van der Waals surface area contributed by atoms with E-state index in [2.05, 4.69) is 20.4 Å². The van der Waals surface area contributed by atoms with Gasteiger partial charge in [-0.3, -0.25) is 19.3 Å². The second-order valence-corrected chi connectivity index (χ2v) is 9.60. The van der Waals surface area contributed by atoms with Crippen LogP contribution in [0.4, 0.5) is 5.69 Å². The van der Waals surface area contributed by atoms with Gasteiger partial charge < -0.3 is 15.5 Å². The average molecular weight is 481 g/mol. The molecule has 3 aromatic heterocycles. The zero-order valence-electron chi connectivity index (χ0n) is 17.0. The number of pyridine rings is 1. The smallest absolute Gasteiger partial charge is 0.277 e. The lowest BCUT2D eigenvalue weighted by Gasteiger charge is -2.22. The number of halogens is 1. The van der Waals surface area contributed by atoms with E-state index in [-0.39, 0.29) is 52.9 Å². The molecular weight excluding hydrogens is 460 g/mol. The van der Waals surface area contributed by atoms with Crippen LogP contribution in [0.25, 0.3) is 11.5 Å². The van der Waals surface area contributed by atoms with Crippen LogP contribution in [0.2, 0.25) is 0 Å². The minimum absolute atomic E-state index is 0. The van der Waals surface area contributed by atoms with Gasteiger partial charge in [0.05, 0.1) is 23.2 Å². The third-order valence-electron chi connectivity index (χ3n) is 4.99. The first-order valence-corrected chi connectivity index (χ1v) is 11.3. The zero-order valence-corrected chi connectivity index (χ0v) is 18.6. The standard InChI is InChI=1S/C19H20N6O5S.ClH/c1-11-8-12(2-5-21-11)19-23-15(10-30-19)18(27)22-14-9-25(24-16(14)17(20)26)13-3-6-31(28,29)7-4-13;/h2,5,8-10,13H,3-4,6-7H2,1H3,(H2,20,26)(H,22,27);1H. The molecule has 0 spiro atoms. The molecule has 3 N–H and O–H groups in total. The maximum absolute atomic E-state index is 12.7. The summed E-state index contributed by atoms with van der Waals surface area (Å²) in [6.45, 7) is 1.82. The summed E-state index contributed by atoms with van der Waals surface area (Å²) in [7, 11) is -3.05. The molecule has 170 valence electrons. The molecule has 0 bridgehead atoms. The highest BCUT2D eigenvalue weighted by molar-refractivity contribution is 7.91. The van der Waals surface area contributed by atoms with E-state index in [1.807, 2.05) is 6.92 Å². The Morgan fingerprint density at radius 2 is 2.00 bits per heavy atom. The number of rotatable bonds is 5. The second kappa shape index (κ2) is 9.09. The van der Waals surface area contributed by atoms with E-state index < -0.39 is 21.7 Å². The average Bonchev–Trinajstić information content (AvgIpc) is 3.36. The number of anilines is 1. The molecule has 1 saturated heterocycles. The molecule has 1 fully saturated rings. The molecule has 0 aliphatic carbocycles. The topological polar surface area (TPSA) is 163 Å². The number of aromatic nitrogens is 4. The summed E-state index contributed by atoms with van der Waals surface area (Å²) in [4.78, 5) is 32.8. The third-order valence-corrected chi connectivity index (χ3v) is 6.71. The Morgan fingerprint density at radius 3 is 2.66 bits per heavy atom. The van der Waals surface area contributed by atoms with Gasteiger partial charge in [0.25, 0.3) is 11.8 Å². The third kappa shape index (κ3) is 4.97. The molecule has 0 atom stereocenters. The number of oxazole rings is 1. The molecule has 11 nitrogen and oxygen atoms in total. The molecule has 4 heterocycles. The van der Waals surface area contributed by atoms with Gasteiger partial charge in [0.2, 0.25) is 5.89 Å². The largest absolute Gasteiger partial charge is 0.444 e. The number of sulfone groups is 1. The van der Waals surface area contributed by atoms with E-state index in [9.17, 15) is 18.0 Å². The second-order valence-electron chi connectivity index (χ2n) is 7.30. The number of nitrogens with two attached hydrogens (primary N) is 1. The summed E-state index contributed by atoms with van der Waals surface area (Å²) < 4.78 is 30.2. The van der Waals surface area contributed by atoms with Crippen molar-refractivity contribution in [1.29, 1.82) is 0 Å². The molecular formula is C19H21ClN6O5S. The molecule has 13 heteroatoms. The van der Waals surface area contributed by atoms with Crippen molar-refractivity contribution < 1.29 is 22.4 Å². The summed E-state index contributed by atoms with van der Waals surface area (Å²) in [5.74, 6) is -1.08. The minimum Gasteiger partial charge on any atom is -0.444 e. The number of carbonyl (C=O) groups excluding carboxylic acids is 2. The zero-order chi connectivity index (χ0) is 22.2. The fourth-order valence-corrected chi connectivity index (χ4v) is 4.84. The molecule has 0 radical (unpaired) electrons. The maximum Gasteiger partial charge on any atom is 0.277 e. The Balaban J connectivity index is 0.00000289. The number of hydrogen-bond acceptors (Lipinski definition) is 8. The van der Waals surface area contributed by atoms with Gasteiger partial charge in [-0.25, -0.2) is 13.4 Å². The van der Waals surface area contributed by atoms with Crippen LogP contribution in [0.1, 0.15) is 45.6 Å². The molecule has 0 aromatic carbocycles. The van der Waals surface area contributed by atoms with Crippen LogP contribution in [-0.2, 0) is 9.84 Å². The summed E-state index contributed by atoms with van der Waals surface area (Å²) >= 11 is 0. The van der Waals surface area contributed by atoms with E-state index in [4.69, 9.17) is 10.2 Å². The molecule has 32 heavy (non-hydrogen) atoms. The van der Waals surface area contributed by atoms with Crippen molar-refractivity contribution in [1.82, 2.24) is 19.7 Å². The number of amides is 2. The molecule has 4 rings (SSSR count). The summed E-state index contributed by atoms with van der Waals surface area (Å²) in [6, 6.07) is 3.27. The normalized spacial score (nSPS) is 15.7. The Kier molecular flexibility index (Phi) is 6.65. The predicted octanol–water partition coefficient (Wildman–Crippen LogP) is 1.76. The van der Waals surface area contributed by atoms with Gasteiger partial charge >= 0.3 is 0 Å². The van der Waals surface area contributed by atoms with Crippen molar-refractivity contribution >= 4 is 39.7 Å². The van der Waals surface area contributed by atoms with Crippen LogP contribution in [0.5, 0.6) is 0 Å². The number of aryl methyl sites for hydroxylation is 1. The van der Waals surface area contributed by atoms with Gasteiger partial charge in [-0.15, -0.1) is 12.4 Å². The molecule has 0 unspecified atom stereocenters. The monoisotopic (exact) mass is 480 g/mol. The van der Waals surface area contributed by atoms with E-state index in [1.54, 1.807) is 18.3 Å². The number of hydrogen-bond donors (Lipinski definition) is 2. The Morgan fingerprint density at radius 1 is 1.28 bits per heavy atom. The maximum atomic E-state index is 12.7. The number of primary amides is 1. The van der Waals surface area contributed by atoms with Gasteiger partial charge in [-0.2, -0.15) is 5.10 Å². The van der Waals surface area contributed by atoms with Gasteiger partial charge in [-0.05, 0) is 31.9 Å². The van der Waals surface area contributed by atoms with E-state index in [1.165, 1.54) is 17.1 Å². The Bertz CT molecular complexity index is 1250. The number of nitrogens with zero attached hydrogens (tertiary/aromatic N) is 4. The molecule has 3 aromatic rings.